The van der Waals surface area contributed by atoms with Crippen molar-refractivity contribution in [2.75, 3.05) is 30.8 Å². The zero-order chi connectivity index (χ0) is 12.4. The lowest BCUT2D eigenvalue weighted by Gasteiger charge is -2.34. The zero-order valence-electron chi connectivity index (χ0n) is 9.90. The Morgan fingerprint density at radius 1 is 1.47 bits per heavy atom. The summed E-state index contributed by atoms with van der Waals surface area (Å²) in [6.45, 7) is 1.09. The molecule has 4 N–H and O–H groups in total. The van der Waals surface area contributed by atoms with Crippen LogP contribution in [0, 0.1) is 0 Å². The van der Waals surface area contributed by atoms with Crippen LogP contribution in [0.3, 0.4) is 0 Å². The summed E-state index contributed by atoms with van der Waals surface area (Å²) < 4.78 is 18.7. The monoisotopic (exact) mass is 239 g/mol. The first-order chi connectivity index (χ1) is 8.11. The minimum absolute atomic E-state index is 0.328. The second kappa shape index (κ2) is 4.79. The Hall–Kier alpha value is -1.49. The standard InChI is InChI=1S/C12H18FN3O/c1-17-12-6-8(2-3-11(12)15)16-5-4-10(14)9(13)7-16/h2-3,6,9-10H,4-5,7,14-15H2,1H3. The molecule has 1 aliphatic rings. The fraction of sp³-hybridized carbons (Fsp3) is 0.500. The first kappa shape index (κ1) is 12.0. The van der Waals surface area contributed by atoms with E-state index in [-0.39, 0.29) is 6.04 Å². The lowest BCUT2D eigenvalue weighted by Crippen LogP contribution is -2.48. The summed E-state index contributed by atoms with van der Waals surface area (Å²) >= 11 is 0. The summed E-state index contributed by atoms with van der Waals surface area (Å²) in [6, 6.07) is 5.14. The van der Waals surface area contributed by atoms with Gasteiger partial charge in [-0.2, -0.15) is 0 Å². The minimum atomic E-state index is -0.979. The fourth-order valence-corrected chi connectivity index (χ4v) is 2.05. The Kier molecular flexibility index (Phi) is 3.38. The first-order valence-electron chi connectivity index (χ1n) is 5.70. The van der Waals surface area contributed by atoms with Gasteiger partial charge in [-0.05, 0) is 18.6 Å². The van der Waals surface area contributed by atoms with E-state index < -0.39 is 6.17 Å². The fourth-order valence-electron chi connectivity index (χ4n) is 2.05. The molecule has 0 aromatic heterocycles. The lowest BCUT2D eigenvalue weighted by atomic mass is 10.0. The molecule has 2 unspecified atom stereocenters. The molecule has 2 rings (SSSR count). The number of halogens is 1. The topological polar surface area (TPSA) is 64.5 Å². The van der Waals surface area contributed by atoms with Gasteiger partial charge in [0, 0.05) is 24.3 Å². The summed E-state index contributed by atoms with van der Waals surface area (Å²) in [7, 11) is 1.57. The van der Waals surface area contributed by atoms with Crippen LogP contribution in [-0.2, 0) is 0 Å². The minimum Gasteiger partial charge on any atom is -0.495 e. The second-order valence-electron chi connectivity index (χ2n) is 4.34. The van der Waals surface area contributed by atoms with E-state index in [0.29, 0.717) is 24.4 Å². The summed E-state index contributed by atoms with van der Waals surface area (Å²) in [6.07, 6.45) is -0.319. The van der Waals surface area contributed by atoms with Gasteiger partial charge in [0.1, 0.15) is 11.9 Å². The normalized spacial score (nSPS) is 24.8. The van der Waals surface area contributed by atoms with Crippen molar-refractivity contribution in [1.82, 2.24) is 0 Å². The van der Waals surface area contributed by atoms with Crippen LogP contribution in [0.15, 0.2) is 18.2 Å². The molecule has 0 spiro atoms. The molecular weight excluding hydrogens is 221 g/mol. The number of nitrogen functional groups attached to an aromatic ring is 1. The molecule has 1 aromatic carbocycles. The quantitative estimate of drug-likeness (QED) is 0.760. The maximum absolute atomic E-state index is 13.6. The van der Waals surface area contributed by atoms with Gasteiger partial charge in [-0.25, -0.2) is 4.39 Å². The molecule has 4 nitrogen and oxygen atoms in total. The number of nitrogens with two attached hydrogens (primary N) is 2. The lowest BCUT2D eigenvalue weighted by molar-refractivity contribution is 0.251. The van der Waals surface area contributed by atoms with Gasteiger partial charge in [0.25, 0.3) is 0 Å². The number of piperidine rings is 1. The van der Waals surface area contributed by atoms with Crippen molar-refractivity contribution in [2.24, 2.45) is 5.73 Å². The van der Waals surface area contributed by atoms with Gasteiger partial charge >= 0.3 is 0 Å². The molecule has 0 amide bonds. The van der Waals surface area contributed by atoms with Crippen molar-refractivity contribution >= 4 is 11.4 Å². The molecule has 94 valence electrons. The van der Waals surface area contributed by atoms with Crippen LogP contribution in [0.1, 0.15) is 6.42 Å². The Morgan fingerprint density at radius 3 is 2.88 bits per heavy atom. The average molecular weight is 239 g/mol. The third kappa shape index (κ3) is 2.44. The highest BCUT2D eigenvalue weighted by molar-refractivity contribution is 5.62. The van der Waals surface area contributed by atoms with E-state index >= 15 is 0 Å². The van der Waals surface area contributed by atoms with Crippen molar-refractivity contribution in [3.8, 4) is 5.75 Å². The number of methoxy groups -OCH3 is 1. The van der Waals surface area contributed by atoms with Crippen molar-refractivity contribution < 1.29 is 9.13 Å². The van der Waals surface area contributed by atoms with Gasteiger partial charge in [0.2, 0.25) is 0 Å². The van der Waals surface area contributed by atoms with Gasteiger partial charge in [0.15, 0.2) is 0 Å². The molecule has 0 bridgehead atoms. The van der Waals surface area contributed by atoms with Crippen molar-refractivity contribution in [3.63, 3.8) is 0 Å². The second-order valence-corrected chi connectivity index (χ2v) is 4.34. The SMILES string of the molecule is COc1cc(N2CCC(N)C(F)C2)ccc1N. The highest BCUT2D eigenvalue weighted by atomic mass is 19.1. The zero-order valence-corrected chi connectivity index (χ0v) is 9.90. The Morgan fingerprint density at radius 2 is 2.24 bits per heavy atom. The summed E-state index contributed by atoms with van der Waals surface area (Å²) in [5.41, 5.74) is 12.9. The van der Waals surface area contributed by atoms with Gasteiger partial charge < -0.3 is 21.1 Å². The third-order valence-electron chi connectivity index (χ3n) is 3.17. The summed E-state index contributed by atoms with van der Waals surface area (Å²) in [5, 5.41) is 0. The van der Waals surface area contributed by atoms with E-state index in [0.717, 1.165) is 12.2 Å². The van der Waals surface area contributed by atoms with Crippen molar-refractivity contribution in [3.05, 3.63) is 18.2 Å². The maximum Gasteiger partial charge on any atom is 0.143 e. The van der Waals surface area contributed by atoms with E-state index in [9.17, 15) is 4.39 Å². The number of hydrogen-bond donors (Lipinski definition) is 2. The number of benzene rings is 1. The third-order valence-corrected chi connectivity index (χ3v) is 3.17. The molecule has 0 aliphatic carbocycles. The molecule has 1 saturated heterocycles. The van der Waals surface area contributed by atoms with Gasteiger partial charge in [-0.3, -0.25) is 0 Å². The van der Waals surface area contributed by atoms with Crippen LogP contribution in [0.4, 0.5) is 15.8 Å². The molecule has 0 saturated carbocycles. The number of alkyl halides is 1. The van der Waals surface area contributed by atoms with E-state index in [2.05, 4.69) is 0 Å². The molecule has 1 aliphatic heterocycles. The molecule has 5 heteroatoms. The number of ether oxygens (including phenoxy) is 1. The largest absolute Gasteiger partial charge is 0.495 e. The van der Waals surface area contributed by atoms with Crippen LogP contribution in [0.25, 0.3) is 0 Å². The van der Waals surface area contributed by atoms with E-state index in [1.807, 2.05) is 17.0 Å². The smallest absolute Gasteiger partial charge is 0.143 e. The Balaban J connectivity index is 2.17. The Bertz CT molecular complexity index is 399. The maximum atomic E-state index is 13.6. The van der Waals surface area contributed by atoms with Crippen LogP contribution < -0.4 is 21.1 Å². The molecular formula is C12H18FN3O. The van der Waals surface area contributed by atoms with Crippen LogP contribution in [0.5, 0.6) is 5.75 Å². The number of nitrogens with zero attached hydrogens (tertiary/aromatic N) is 1. The van der Waals surface area contributed by atoms with Crippen LogP contribution in [-0.4, -0.2) is 32.4 Å². The summed E-state index contributed by atoms with van der Waals surface area (Å²) in [4.78, 5) is 1.97. The van der Waals surface area contributed by atoms with Gasteiger partial charge in [0.05, 0.1) is 19.3 Å². The van der Waals surface area contributed by atoms with Gasteiger partial charge in [-0.1, -0.05) is 0 Å². The predicted molar refractivity (Wildman–Crippen MR) is 67.1 cm³/mol. The van der Waals surface area contributed by atoms with E-state index in [1.165, 1.54) is 0 Å². The number of hydrogen-bond acceptors (Lipinski definition) is 4. The first-order valence-corrected chi connectivity index (χ1v) is 5.70. The molecule has 1 aromatic rings. The number of rotatable bonds is 2. The highest BCUT2D eigenvalue weighted by Gasteiger charge is 2.26. The average Bonchev–Trinajstić information content (AvgIpc) is 2.33. The molecule has 1 fully saturated rings. The van der Waals surface area contributed by atoms with Crippen molar-refractivity contribution in [1.29, 1.82) is 0 Å². The molecule has 17 heavy (non-hydrogen) atoms. The van der Waals surface area contributed by atoms with E-state index in [1.54, 1.807) is 13.2 Å². The van der Waals surface area contributed by atoms with Gasteiger partial charge in [-0.15, -0.1) is 0 Å². The Labute approximate surface area is 100 Å². The summed E-state index contributed by atoms with van der Waals surface area (Å²) in [5.74, 6) is 0.618. The number of anilines is 2. The molecule has 1 heterocycles. The van der Waals surface area contributed by atoms with E-state index in [4.69, 9.17) is 16.2 Å². The van der Waals surface area contributed by atoms with Crippen molar-refractivity contribution in [2.45, 2.75) is 18.6 Å². The molecule has 2 atom stereocenters. The highest BCUT2D eigenvalue weighted by Crippen LogP contribution is 2.29. The predicted octanol–water partition coefficient (Wildman–Crippen LogP) is 1.15. The molecule has 0 radical (unpaired) electrons. The van der Waals surface area contributed by atoms with Crippen LogP contribution >= 0.6 is 0 Å². The van der Waals surface area contributed by atoms with Crippen LogP contribution in [0.2, 0.25) is 0 Å².